The van der Waals surface area contributed by atoms with Crippen LogP contribution in [-0.2, 0) is 4.74 Å². The van der Waals surface area contributed by atoms with Gasteiger partial charge in [-0.3, -0.25) is 0 Å². The molecule has 0 aromatic heterocycles. The van der Waals surface area contributed by atoms with Crippen LogP contribution in [0.2, 0.25) is 0 Å². The van der Waals surface area contributed by atoms with Crippen LogP contribution >= 0.6 is 0 Å². The van der Waals surface area contributed by atoms with Crippen molar-refractivity contribution in [3.05, 3.63) is 47.5 Å². The van der Waals surface area contributed by atoms with E-state index in [1.54, 1.807) is 19.2 Å². The molecule has 6 nitrogen and oxygen atoms in total. The van der Waals surface area contributed by atoms with Gasteiger partial charge in [0.25, 0.3) is 0 Å². The average Bonchev–Trinajstić information content (AvgIpc) is 2.90. The van der Waals surface area contributed by atoms with E-state index in [1.165, 1.54) is 14.2 Å². The van der Waals surface area contributed by atoms with E-state index in [-0.39, 0.29) is 0 Å². The molecule has 0 aliphatic carbocycles. The molecule has 0 unspecified atom stereocenters. The van der Waals surface area contributed by atoms with Crippen LogP contribution in [0.1, 0.15) is 22.1 Å². The van der Waals surface area contributed by atoms with Crippen molar-refractivity contribution in [1.29, 1.82) is 0 Å². The number of carbonyl (C=O) groups is 1. The molecule has 6 heteroatoms. The number of nitrogens with one attached hydrogen (secondary N) is 1. The first-order valence-corrected chi connectivity index (χ1v) is 7.04. The number of carbonyl (C=O) groups excluding carboxylic acids is 1. The van der Waals surface area contributed by atoms with Crippen LogP contribution in [0.5, 0.6) is 17.2 Å². The SMILES string of the molecule is COc1ccc(N[C@H]2OC(=O)c3c2ccc(OC)c3OC)cc1. The van der Waals surface area contributed by atoms with Crippen LogP contribution in [0.15, 0.2) is 36.4 Å². The Labute approximate surface area is 133 Å². The third-order valence-corrected chi connectivity index (χ3v) is 3.68. The number of esters is 1. The molecule has 1 heterocycles. The van der Waals surface area contributed by atoms with E-state index in [4.69, 9.17) is 18.9 Å². The highest BCUT2D eigenvalue weighted by Crippen LogP contribution is 2.42. The summed E-state index contributed by atoms with van der Waals surface area (Å²) in [4.78, 5) is 12.2. The van der Waals surface area contributed by atoms with Crippen LogP contribution in [0.25, 0.3) is 0 Å². The third kappa shape index (κ3) is 2.63. The number of rotatable bonds is 5. The number of cyclic esters (lactones) is 1. The standard InChI is InChI=1S/C17H17NO5/c1-20-11-6-4-10(5-7-11)18-16-12-8-9-13(21-2)15(22-3)14(12)17(19)23-16/h4-9,16,18H,1-3H3/t16-/m0/s1. The van der Waals surface area contributed by atoms with Gasteiger partial charge >= 0.3 is 5.97 Å². The fourth-order valence-electron chi connectivity index (χ4n) is 2.55. The van der Waals surface area contributed by atoms with E-state index >= 15 is 0 Å². The number of benzene rings is 2. The molecule has 1 aliphatic heterocycles. The van der Waals surface area contributed by atoms with E-state index in [2.05, 4.69) is 5.32 Å². The maximum atomic E-state index is 12.2. The molecule has 2 aromatic carbocycles. The lowest BCUT2D eigenvalue weighted by Gasteiger charge is -2.15. The molecule has 2 aromatic rings. The highest BCUT2D eigenvalue weighted by Gasteiger charge is 2.35. The molecule has 1 atom stereocenters. The zero-order chi connectivity index (χ0) is 16.4. The fraction of sp³-hybridized carbons (Fsp3) is 0.235. The Balaban J connectivity index is 1.92. The van der Waals surface area contributed by atoms with Gasteiger partial charge in [-0.25, -0.2) is 4.79 Å². The number of ether oxygens (including phenoxy) is 4. The number of hydrogen-bond donors (Lipinski definition) is 1. The summed E-state index contributed by atoms with van der Waals surface area (Å²) in [5.74, 6) is 1.19. The topological polar surface area (TPSA) is 66.0 Å². The minimum absolute atomic E-state index is 0.383. The van der Waals surface area contributed by atoms with Gasteiger partial charge < -0.3 is 24.3 Å². The number of hydrogen-bond acceptors (Lipinski definition) is 6. The van der Waals surface area contributed by atoms with Gasteiger partial charge in [-0.1, -0.05) is 0 Å². The van der Waals surface area contributed by atoms with E-state index in [0.29, 0.717) is 22.6 Å². The molecule has 0 radical (unpaired) electrons. The van der Waals surface area contributed by atoms with Crippen LogP contribution in [0, 0.1) is 0 Å². The molecule has 1 aliphatic rings. The lowest BCUT2D eigenvalue weighted by molar-refractivity contribution is 0.0435. The van der Waals surface area contributed by atoms with E-state index in [9.17, 15) is 4.79 Å². The molecule has 0 saturated heterocycles. The van der Waals surface area contributed by atoms with Gasteiger partial charge in [0.1, 0.15) is 11.3 Å². The van der Waals surface area contributed by atoms with Gasteiger partial charge in [-0.2, -0.15) is 0 Å². The molecule has 23 heavy (non-hydrogen) atoms. The summed E-state index contributed by atoms with van der Waals surface area (Å²) in [6, 6.07) is 10.9. The molecule has 120 valence electrons. The van der Waals surface area contributed by atoms with Crippen molar-refractivity contribution in [3.8, 4) is 17.2 Å². The second-order valence-corrected chi connectivity index (χ2v) is 4.92. The van der Waals surface area contributed by atoms with Gasteiger partial charge in [-0.15, -0.1) is 0 Å². The van der Waals surface area contributed by atoms with Crippen LogP contribution in [0.3, 0.4) is 0 Å². The monoisotopic (exact) mass is 315 g/mol. The summed E-state index contributed by atoms with van der Waals surface area (Å²) in [5.41, 5.74) is 1.91. The molecule has 0 bridgehead atoms. The first kappa shape index (κ1) is 15.0. The predicted molar refractivity (Wildman–Crippen MR) is 84.3 cm³/mol. The average molecular weight is 315 g/mol. The molecular formula is C17H17NO5. The van der Waals surface area contributed by atoms with Crippen molar-refractivity contribution in [2.24, 2.45) is 0 Å². The predicted octanol–water partition coefficient (Wildman–Crippen LogP) is 2.99. The molecule has 0 spiro atoms. The summed E-state index contributed by atoms with van der Waals surface area (Å²) >= 11 is 0. The zero-order valence-electron chi connectivity index (χ0n) is 13.1. The third-order valence-electron chi connectivity index (χ3n) is 3.68. The summed E-state index contributed by atoms with van der Waals surface area (Å²) in [5, 5.41) is 3.17. The smallest absolute Gasteiger partial charge is 0.344 e. The van der Waals surface area contributed by atoms with Crippen molar-refractivity contribution in [1.82, 2.24) is 0 Å². The Morgan fingerprint density at radius 1 is 0.957 bits per heavy atom. The van der Waals surface area contributed by atoms with Gasteiger partial charge in [0.15, 0.2) is 11.5 Å². The summed E-state index contributed by atoms with van der Waals surface area (Å²) < 4.78 is 21.1. The fourth-order valence-corrected chi connectivity index (χ4v) is 2.55. The van der Waals surface area contributed by atoms with Crippen LogP contribution in [-0.4, -0.2) is 27.3 Å². The Morgan fingerprint density at radius 2 is 1.70 bits per heavy atom. The highest BCUT2D eigenvalue weighted by atomic mass is 16.6. The number of anilines is 1. The normalized spacial score (nSPS) is 15.6. The second kappa shape index (κ2) is 6.08. The van der Waals surface area contributed by atoms with Crippen molar-refractivity contribution < 1.29 is 23.7 Å². The Kier molecular flexibility index (Phi) is 3.97. The second-order valence-electron chi connectivity index (χ2n) is 4.92. The largest absolute Gasteiger partial charge is 0.497 e. The minimum atomic E-state index is -0.578. The Morgan fingerprint density at radius 3 is 2.30 bits per heavy atom. The van der Waals surface area contributed by atoms with Gasteiger partial charge in [0.2, 0.25) is 6.23 Å². The first-order chi connectivity index (χ1) is 11.2. The summed E-state index contributed by atoms with van der Waals surface area (Å²) in [6.45, 7) is 0. The molecular weight excluding hydrogens is 298 g/mol. The zero-order valence-corrected chi connectivity index (χ0v) is 13.1. The molecule has 3 rings (SSSR count). The lowest BCUT2D eigenvalue weighted by Crippen LogP contribution is -2.10. The summed E-state index contributed by atoms with van der Waals surface area (Å²) in [7, 11) is 4.63. The highest BCUT2D eigenvalue weighted by molar-refractivity contribution is 5.98. The number of methoxy groups -OCH3 is 3. The van der Waals surface area contributed by atoms with Crippen LogP contribution < -0.4 is 19.5 Å². The molecule has 1 N–H and O–H groups in total. The minimum Gasteiger partial charge on any atom is -0.497 e. The lowest BCUT2D eigenvalue weighted by atomic mass is 10.1. The first-order valence-electron chi connectivity index (χ1n) is 7.04. The molecule has 0 saturated carbocycles. The van der Waals surface area contributed by atoms with Crippen molar-refractivity contribution >= 4 is 11.7 Å². The van der Waals surface area contributed by atoms with Crippen LogP contribution in [0.4, 0.5) is 5.69 Å². The summed E-state index contributed by atoms with van der Waals surface area (Å²) in [6.07, 6.45) is -0.578. The van der Waals surface area contributed by atoms with E-state index < -0.39 is 12.2 Å². The maximum absolute atomic E-state index is 12.2. The van der Waals surface area contributed by atoms with Gasteiger partial charge in [-0.05, 0) is 36.4 Å². The van der Waals surface area contributed by atoms with Crippen molar-refractivity contribution in [2.75, 3.05) is 26.6 Å². The van der Waals surface area contributed by atoms with E-state index in [0.717, 1.165) is 11.4 Å². The van der Waals surface area contributed by atoms with E-state index in [1.807, 2.05) is 24.3 Å². The number of fused-ring (bicyclic) bond motifs is 1. The molecule has 0 fully saturated rings. The van der Waals surface area contributed by atoms with Crippen molar-refractivity contribution in [3.63, 3.8) is 0 Å². The van der Waals surface area contributed by atoms with Gasteiger partial charge in [0, 0.05) is 11.3 Å². The quantitative estimate of drug-likeness (QED) is 0.856. The van der Waals surface area contributed by atoms with Gasteiger partial charge in [0.05, 0.1) is 21.3 Å². The molecule has 0 amide bonds. The Bertz CT molecular complexity index is 727. The Hall–Kier alpha value is -2.89. The van der Waals surface area contributed by atoms with Crippen molar-refractivity contribution in [2.45, 2.75) is 6.23 Å². The maximum Gasteiger partial charge on any atom is 0.344 e.